The Labute approximate surface area is 96.0 Å². The highest BCUT2D eigenvalue weighted by Crippen LogP contribution is 2.34. The summed E-state index contributed by atoms with van der Waals surface area (Å²) in [6.45, 7) is -0.196. The minimum Gasteiger partial charge on any atom is -0.394 e. The molecule has 1 atom stereocenters. The van der Waals surface area contributed by atoms with E-state index in [-0.39, 0.29) is 10.7 Å². The van der Waals surface area contributed by atoms with E-state index in [1.54, 1.807) is 12.1 Å². The zero-order chi connectivity index (χ0) is 12.4. The van der Waals surface area contributed by atoms with Crippen molar-refractivity contribution in [2.24, 2.45) is 0 Å². The molecule has 2 nitrogen and oxygen atoms in total. The average molecular weight is 254 g/mol. The second-order valence-corrected chi connectivity index (χ2v) is 4.00. The van der Waals surface area contributed by atoms with Crippen LogP contribution in [0.1, 0.15) is 6.92 Å². The van der Waals surface area contributed by atoms with Gasteiger partial charge in [-0.25, -0.2) is 0 Å². The van der Waals surface area contributed by atoms with E-state index < -0.39 is 18.3 Å². The van der Waals surface area contributed by atoms with E-state index in [0.29, 0.717) is 0 Å². The van der Waals surface area contributed by atoms with Gasteiger partial charge in [-0.15, -0.1) is 0 Å². The van der Waals surface area contributed by atoms with E-state index in [0.717, 1.165) is 6.92 Å². The number of nitrogens with one attached hydrogen (secondary N) is 1. The number of alkyl halides is 3. The monoisotopic (exact) mass is 253 g/mol. The van der Waals surface area contributed by atoms with Crippen LogP contribution in [0, 0.1) is 0 Å². The summed E-state index contributed by atoms with van der Waals surface area (Å²) in [6.07, 6.45) is -4.57. The molecule has 0 aliphatic carbocycles. The molecule has 0 heterocycles. The van der Waals surface area contributed by atoms with Crippen LogP contribution in [0.2, 0.25) is 5.02 Å². The molecule has 16 heavy (non-hydrogen) atoms. The Morgan fingerprint density at radius 3 is 2.31 bits per heavy atom. The average Bonchev–Trinajstić information content (AvgIpc) is 2.19. The molecule has 0 aliphatic heterocycles. The summed E-state index contributed by atoms with van der Waals surface area (Å²) in [5.41, 5.74) is -2.27. The van der Waals surface area contributed by atoms with Crippen LogP contribution in [0.3, 0.4) is 0 Å². The minimum atomic E-state index is -4.57. The number of para-hydroxylation sites is 1. The van der Waals surface area contributed by atoms with Crippen molar-refractivity contribution in [3.05, 3.63) is 29.3 Å². The van der Waals surface area contributed by atoms with Crippen LogP contribution in [0.15, 0.2) is 24.3 Å². The van der Waals surface area contributed by atoms with Crippen molar-refractivity contribution in [3.8, 4) is 0 Å². The van der Waals surface area contributed by atoms with Gasteiger partial charge in [0.1, 0.15) is 0 Å². The lowest BCUT2D eigenvalue weighted by atomic mass is 10.0. The zero-order valence-corrected chi connectivity index (χ0v) is 9.23. The number of aliphatic hydroxyl groups excluding tert-OH is 1. The largest absolute Gasteiger partial charge is 0.413 e. The molecule has 0 amide bonds. The Bertz CT molecular complexity index is 369. The smallest absolute Gasteiger partial charge is 0.394 e. The van der Waals surface area contributed by atoms with Gasteiger partial charge in [0.25, 0.3) is 0 Å². The lowest BCUT2D eigenvalue weighted by Gasteiger charge is -2.32. The van der Waals surface area contributed by atoms with Gasteiger partial charge in [0.15, 0.2) is 5.54 Å². The van der Waals surface area contributed by atoms with Crippen molar-refractivity contribution in [1.29, 1.82) is 0 Å². The first-order chi connectivity index (χ1) is 7.30. The number of hydrogen-bond donors (Lipinski definition) is 2. The van der Waals surface area contributed by atoms with Crippen LogP contribution in [0.4, 0.5) is 18.9 Å². The normalized spacial score (nSPS) is 15.6. The molecule has 90 valence electrons. The molecular formula is C10H11ClF3NO. The van der Waals surface area contributed by atoms with Crippen LogP contribution in [0.5, 0.6) is 0 Å². The number of aliphatic hydroxyl groups is 1. The van der Waals surface area contributed by atoms with Crippen molar-refractivity contribution in [2.45, 2.75) is 18.6 Å². The summed E-state index contributed by atoms with van der Waals surface area (Å²) in [7, 11) is 0. The maximum absolute atomic E-state index is 12.7. The predicted octanol–water partition coefficient (Wildman–Crippen LogP) is 3.07. The van der Waals surface area contributed by atoms with Crippen LogP contribution < -0.4 is 5.32 Å². The highest BCUT2D eigenvalue weighted by molar-refractivity contribution is 6.33. The Kier molecular flexibility index (Phi) is 3.70. The summed E-state index contributed by atoms with van der Waals surface area (Å²) in [4.78, 5) is 0. The van der Waals surface area contributed by atoms with Crippen LogP contribution in [-0.2, 0) is 0 Å². The van der Waals surface area contributed by atoms with Crippen molar-refractivity contribution >= 4 is 17.3 Å². The molecule has 0 aromatic heterocycles. The molecule has 0 aliphatic rings. The van der Waals surface area contributed by atoms with E-state index in [1.165, 1.54) is 12.1 Å². The molecule has 0 saturated carbocycles. The fourth-order valence-electron chi connectivity index (χ4n) is 1.06. The van der Waals surface area contributed by atoms with E-state index in [2.05, 4.69) is 5.32 Å². The Hall–Kier alpha value is -0.940. The molecule has 6 heteroatoms. The van der Waals surface area contributed by atoms with Crippen molar-refractivity contribution in [1.82, 2.24) is 0 Å². The summed E-state index contributed by atoms with van der Waals surface area (Å²) in [5.74, 6) is 0. The third kappa shape index (κ3) is 2.59. The summed E-state index contributed by atoms with van der Waals surface area (Å²) >= 11 is 5.73. The SMILES string of the molecule is CC(CO)(Nc1ccccc1Cl)C(F)(F)F. The summed E-state index contributed by atoms with van der Waals surface area (Å²) in [6, 6.07) is 6.06. The van der Waals surface area contributed by atoms with Gasteiger partial charge >= 0.3 is 6.18 Å². The first-order valence-corrected chi connectivity index (χ1v) is 4.88. The first-order valence-electron chi connectivity index (χ1n) is 4.50. The van der Waals surface area contributed by atoms with Crippen LogP contribution in [0.25, 0.3) is 0 Å². The number of benzene rings is 1. The standard InChI is InChI=1S/C10H11ClF3NO/c1-9(6-16,10(12,13)14)15-8-5-3-2-4-7(8)11/h2-5,15-16H,6H2,1H3. The van der Waals surface area contributed by atoms with Crippen molar-refractivity contribution in [3.63, 3.8) is 0 Å². The molecule has 1 aromatic rings. The quantitative estimate of drug-likeness (QED) is 0.868. The molecule has 0 spiro atoms. The molecule has 0 bridgehead atoms. The minimum absolute atomic E-state index is 0.137. The molecule has 1 unspecified atom stereocenters. The topological polar surface area (TPSA) is 32.3 Å². The van der Waals surface area contributed by atoms with Crippen LogP contribution in [-0.4, -0.2) is 23.4 Å². The third-order valence-corrected chi connectivity index (χ3v) is 2.56. The Morgan fingerprint density at radius 1 is 1.31 bits per heavy atom. The van der Waals surface area contributed by atoms with Gasteiger partial charge in [0.05, 0.1) is 17.3 Å². The zero-order valence-electron chi connectivity index (χ0n) is 8.48. The highest BCUT2D eigenvalue weighted by atomic mass is 35.5. The van der Waals surface area contributed by atoms with E-state index in [9.17, 15) is 13.2 Å². The first kappa shape index (κ1) is 13.1. The number of anilines is 1. The number of rotatable bonds is 3. The second-order valence-electron chi connectivity index (χ2n) is 3.59. The van der Waals surface area contributed by atoms with Gasteiger partial charge in [0.2, 0.25) is 0 Å². The summed E-state index contributed by atoms with van der Waals surface area (Å²) in [5, 5.41) is 11.2. The van der Waals surface area contributed by atoms with Gasteiger partial charge in [-0.2, -0.15) is 13.2 Å². The maximum atomic E-state index is 12.7. The number of hydrogen-bond acceptors (Lipinski definition) is 2. The lowest BCUT2D eigenvalue weighted by molar-refractivity contribution is -0.182. The Morgan fingerprint density at radius 2 is 1.88 bits per heavy atom. The molecule has 1 aromatic carbocycles. The van der Waals surface area contributed by atoms with Crippen molar-refractivity contribution < 1.29 is 18.3 Å². The summed E-state index contributed by atoms with van der Waals surface area (Å²) < 4.78 is 38.0. The lowest BCUT2D eigenvalue weighted by Crippen LogP contribution is -2.52. The third-order valence-electron chi connectivity index (χ3n) is 2.23. The van der Waals surface area contributed by atoms with Crippen LogP contribution >= 0.6 is 11.6 Å². The van der Waals surface area contributed by atoms with Gasteiger partial charge in [-0.1, -0.05) is 23.7 Å². The van der Waals surface area contributed by atoms with Gasteiger partial charge < -0.3 is 10.4 Å². The van der Waals surface area contributed by atoms with E-state index in [1.807, 2.05) is 0 Å². The van der Waals surface area contributed by atoms with Gasteiger partial charge in [-0.3, -0.25) is 0 Å². The fourth-order valence-corrected chi connectivity index (χ4v) is 1.24. The van der Waals surface area contributed by atoms with E-state index >= 15 is 0 Å². The van der Waals surface area contributed by atoms with Gasteiger partial charge in [0, 0.05) is 0 Å². The fraction of sp³-hybridized carbons (Fsp3) is 0.400. The molecule has 0 saturated heterocycles. The molecule has 0 radical (unpaired) electrons. The molecule has 2 N–H and O–H groups in total. The number of halogens is 4. The maximum Gasteiger partial charge on any atom is 0.413 e. The Balaban J connectivity index is 2.99. The van der Waals surface area contributed by atoms with E-state index in [4.69, 9.17) is 16.7 Å². The highest BCUT2D eigenvalue weighted by Gasteiger charge is 2.51. The predicted molar refractivity (Wildman–Crippen MR) is 56.6 cm³/mol. The van der Waals surface area contributed by atoms with Crippen molar-refractivity contribution in [2.75, 3.05) is 11.9 Å². The second kappa shape index (κ2) is 4.51. The molecule has 1 rings (SSSR count). The molecule has 0 fully saturated rings. The molecular weight excluding hydrogens is 243 g/mol. The van der Waals surface area contributed by atoms with Gasteiger partial charge in [-0.05, 0) is 19.1 Å².